The van der Waals surface area contributed by atoms with Crippen molar-refractivity contribution in [1.29, 1.82) is 0 Å². The maximum atomic E-state index is 4.34. The highest BCUT2D eigenvalue weighted by Crippen LogP contribution is 2.31. The van der Waals surface area contributed by atoms with E-state index in [2.05, 4.69) is 89.4 Å². The fourth-order valence-corrected chi connectivity index (χ4v) is 2.77. The zero-order chi connectivity index (χ0) is 18.1. The van der Waals surface area contributed by atoms with Crippen LogP contribution in [-0.2, 0) is 0 Å². The molecular formula is C24H30. The minimum atomic E-state index is 0.272. The van der Waals surface area contributed by atoms with Gasteiger partial charge in [-0.3, -0.25) is 0 Å². The molecule has 1 aromatic carbocycles. The molecule has 1 aromatic rings. The van der Waals surface area contributed by atoms with Crippen molar-refractivity contribution in [1.82, 2.24) is 0 Å². The van der Waals surface area contributed by atoms with Crippen LogP contribution in [0.3, 0.4) is 0 Å². The van der Waals surface area contributed by atoms with Gasteiger partial charge in [-0.25, -0.2) is 0 Å². The maximum Gasteiger partial charge on any atom is 0.00604 e. The zero-order valence-electron chi connectivity index (χ0n) is 15.8. The summed E-state index contributed by atoms with van der Waals surface area (Å²) in [6, 6.07) is 8.68. The van der Waals surface area contributed by atoms with Gasteiger partial charge in [-0.1, -0.05) is 86.4 Å². The summed E-state index contributed by atoms with van der Waals surface area (Å²) in [6.07, 6.45) is 12.3. The van der Waals surface area contributed by atoms with Crippen molar-refractivity contribution in [3.8, 4) is 0 Å². The third-order valence-electron chi connectivity index (χ3n) is 4.22. The molecule has 0 radical (unpaired) electrons. The maximum absolute atomic E-state index is 4.34. The summed E-state index contributed by atoms with van der Waals surface area (Å²) in [7, 11) is 0. The Hall–Kier alpha value is -2.34. The predicted octanol–water partition coefficient (Wildman–Crippen LogP) is 7.39. The Morgan fingerprint density at radius 3 is 2.04 bits per heavy atom. The fraction of sp³-hybridized carbons (Fsp3) is 0.250. The van der Waals surface area contributed by atoms with Crippen molar-refractivity contribution >= 4 is 11.1 Å². The average molecular weight is 319 g/mol. The molecule has 1 atom stereocenters. The topological polar surface area (TPSA) is 0 Å². The second-order valence-electron chi connectivity index (χ2n) is 6.12. The highest BCUT2D eigenvalue weighted by Gasteiger charge is 2.13. The first-order valence-corrected chi connectivity index (χ1v) is 8.51. The van der Waals surface area contributed by atoms with E-state index in [1.807, 2.05) is 19.1 Å². The second-order valence-corrected chi connectivity index (χ2v) is 6.12. The van der Waals surface area contributed by atoms with Gasteiger partial charge >= 0.3 is 0 Å². The third kappa shape index (κ3) is 5.09. The summed E-state index contributed by atoms with van der Waals surface area (Å²) in [5.41, 5.74) is 7.40. The molecule has 0 N–H and O–H groups in total. The molecule has 1 rings (SSSR count). The Labute approximate surface area is 148 Å². The largest absolute Gasteiger partial charge is 0.0991 e. The molecule has 0 aliphatic carbocycles. The van der Waals surface area contributed by atoms with E-state index in [9.17, 15) is 0 Å². The van der Waals surface area contributed by atoms with Gasteiger partial charge in [0, 0.05) is 5.92 Å². The first kappa shape index (κ1) is 19.7. The quantitative estimate of drug-likeness (QED) is 0.460. The van der Waals surface area contributed by atoms with Gasteiger partial charge in [0.25, 0.3) is 0 Å². The van der Waals surface area contributed by atoms with Crippen LogP contribution in [0.4, 0.5) is 0 Å². The molecule has 0 saturated carbocycles. The van der Waals surface area contributed by atoms with Gasteiger partial charge in [0.15, 0.2) is 0 Å². The highest BCUT2D eigenvalue weighted by atomic mass is 14.2. The smallest absolute Gasteiger partial charge is 0.00604 e. The van der Waals surface area contributed by atoms with Crippen molar-refractivity contribution in [3.05, 3.63) is 96.2 Å². The Morgan fingerprint density at radius 2 is 1.58 bits per heavy atom. The van der Waals surface area contributed by atoms with Crippen LogP contribution in [0.2, 0.25) is 0 Å². The zero-order valence-corrected chi connectivity index (χ0v) is 15.8. The number of hydrogen-bond donors (Lipinski definition) is 0. The Balaban J connectivity index is 3.09. The summed E-state index contributed by atoms with van der Waals surface area (Å²) >= 11 is 0. The molecule has 126 valence electrons. The molecule has 0 spiro atoms. The SMILES string of the molecule is C=C/C=C\C(=C(C)C)C(C)C(=C)c1ccc(C(/C=C\C)=C/C)cc1. The van der Waals surface area contributed by atoms with Crippen LogP contribution in [0.5, 0.6) is 0 Å². The first-order valence-electron chi connectivity index (χ1n) is 8.51. The first-order chi connectivity index (χ1) is 11.5. The molecule has 24 heavy (non-hydrogen) atoms. The van der Waals surface area contributed by atoms with Gasteiger partial charge in [-0.15, -0.1) is 0 Å². The normalized spacial score (nSPS) is 13.3. The molecule has 0 heteroatoms. The molecule has 0 saturated heterocycles. The van der Waals surface area contributed by atoms with E-state index in [4.69, 9.17) is 0 Å². The molecule has 0 fully saturated rings. The molecule has 1 unspecified atom stereocenters. The van der Waals surface area contributed by atoms with Crippen molar-refractivity contribution in [2.75, 3.05) is 0 Å². The summed E-state index contributed by atoms with van der Waals surface area (Å²) < 4.78 is 0. The van der Waals surface area contributed by atoms with Gasteiger partial charge in [0.05, 0.1) is 0 Å². The molecule has 0 amide bonds. The standard InChI is InChI=1S/C24H30/c1-8-11-13-24(18(4)5)20(7)19(6)22-14-16-23(17-15-22)21(10-3)12-9-2/h8-17,20H,1,6H2,2-5,7H3/b12-9-,13-11-,21-10+. The van der Waals surface area contributed by atoms with Crippen LogP contribution in [0.15, 0.2) is 85.0 Å². The number of hydrogen-bond acceptors (Lipinski definition) is 0. The lowest BCUT2D eigenvalue weighted by Gasteiger charge is -2.19. The van der Waals surface area contributed by atoms with Crippen molar-refractivity contribution in [2.45, 2.75) is 34.6 Å². The number of benzene rings is 1. The van der Waals surface area contributed by atoms with Crippen LogP contribution in [0.25, 0.3) is 11.1 Å². The van der Waals surface area contributed by atoms with E-state index in [0.717, 1.165) is 5.57 Å². The monoisotopic (exact) mass is 318 g/mol. The van der Waals surface area contributed by atoms with E-state index >= 15 is 0 Å². The van der Waals surface area contributed by atoms with E-state index in [1.165, 1.54) is 27.8 Å². The molecule has 0 bridgehead atoms. The summed E-state index contributed by atoms with van der Waals surface area (Å²) in [4.78, 5) is 0. The van der Waals surface area contributed by atoms with E-state index in [0.29, 0.717) is 0 Å². The van der Waals surface area contributed by atoms with Crippen molar-refractivity contribution < 1.29 is 0 Å². The minimum Gasteiger partial charge on any atom is -0.0991 e. The van der Waals surface area contributed by atoms with Crippen LogP contribution in [0, 0.1) is 5.92 Å². The van der Waals surface area contributed by atoms with E-state index < -0.39 is 0 Å². The molecular weight excluding hydrogens is 288 g/mol. The molecule has 0 heterocycles. The lowest BCUT2D eigenvalue weighted by Crippen LogP contribution is -2.02. The van der Waals surface area contributed by atoms with Crippen LogP contribution in [0.1, 0.15) is 45.7 Å². The molecule has 0 aliphatic heterocycles. The molecule has 0 aliphatic rings. The van der Waals surface area contributed by atoms with Gasteiger partial charge in [-0.05, 0) is 55.5 Å². The van der Waals surface area contributed by atoms with Gasteiger partial charge in [-0.2, -0.15) is 0 Å². The van der Waals surface area contributed by atoms with Crippen LogP contribution in [-0.4, -0.2) is 0 Å². The summed E-state index contributed by atoms with van der Waals surface area (Å²) in [6.45, 7) is 18.7. The van der Waals surface area contributed by atoms with Crippen LogP contribution < -0.4 is 0 Å². The van der Waals surface area contributed by atoms with Gasteiger partial charge < -0.3 is 0 Å². The minimum absolute atomic E-state index is 0.272. The number of rotatable bonds is 7. The third-order valence-corrected chi connectivity index (χ3v) is 4.22. The Morgan fingerprint density at radius 1 is 1.00 bits per heavy atom. The van der Waals surface area contributed by atoms with Crippen molar-refractivity contribution in [2.24, 2.45) is 5.92 Å². The van der Waals surface area contributed by atoms with Crippen LogP contribution >= 0.6 is 0 Å². The lowest BCUT2D eigenvalue weighted by molar-refractivity contribution is 0.897. The van der Waals surface area contributed by atoms with E-state index in [-0.39, 0.29) is 5.92 Å². The lowest BCUT2D eigenvalue weighted by atomic mass is 9.86. The molecule has 0 nitrogen and oxygen atoms in total. The Kier molecular flexibility index (Phi) is 7.98. The second kappa shape index (κ2) is 9.72. The Bertz CT molecular complexity index is 684. The van der Waals surface area contributed by atoms with Gasteiger partial charge in [0.1, 0.15) is 0 Å². The summed E-state index contributed by atoms with van der Waals surface area (Å²) in [5.74, 6) is 0.272. The summed E-state index contributed by atoms with van der Waals surface area (Å²) in [5, 5.41) is 0. The predicted molar refractivity (Wildman–Crippen MR) is 111 cm³/mol. The fourth-order valence-electron chi connectivity index (χ4n) is 2.77. The van der Waals surface area contributed by atoms with E-state index in [1.54, 1.807) is 0 Å². The molecule has 0 aromatic heterocycles. The average Bonchev–Trinajstić information content (AvgIpc) is 2.59. The number of allylic oxidation sites excluding steroid dienone is 10. The van der Waals surface area contributed by atoms with Crippen molar-refractivity contribution in [3.63, 3.8) is 0 Å². The highest BCUT2D eigenvalue weighted by molar-refractivity contribution is 5.76. The van der Waals surface area contributed by atoms with Gasteiger partial charge in [0.2, 0.25) is 0 Å².